The van der Waals surface area contributed by atoms with Gasteiger partial charge in [-0.1, -0.05) is 30.3 Å². The maximum atomic E-state index is 10.5. The lowest BCUT2D eigenvalue weighted by Gasteiger charge is -2.05. The molecule has 0 aliphatic rings. The molecule has 0 radical (unpaired) electrons. The molecule has 0 aliphatic carbocycles. The van der Waals surface area contributed by atoms with Gasteiger partial charge in [-0.3, -0.25) is 10.1 Å². The number of nitriles is 1. The molecule has 2 rings (SSSR count). The Morgan fingerprint density at radius 3 is 2.20 bits per heavy atom. The molecule has 0 aromatic heterocycles. The Labute approximate surface area is 117 Å². The van der Waals surface area contributed by atoms with E-state index in [9.17, 15) is 10.1 Å². The van der Waals surface area contributed by atoms with Gasteiger partial charge in [0.1, 0.15) is 12.4 Å². The van der Waals surface area contributed by atoms with Crippen LogP contribution in [-0.4, -0.2) is 4.92 Å². The third-order valence-corrected chi connectivity index (χ3v) is 2.30. The predicted octanol–water partition coefficient (Wildman–Crippen LogP) is 3.70. The average Bonchev–Trinajstić information content (AvgIpc) is 2.47. The smallest absolute Gasteiger partial charge is 0.269 e. The van der Waals surface area contributed by atoms with E-state index in [1.165, 1.54) is 19.1 Å². The Kier molecular flexibility index (Phi) is 6.28. The topological polar surface area (TPSA) is 76.2 Å². The van der Waals surface area contributed by atoms with Crippen molar-refractivity contribution in [1.29, 1.82) is 5.26 Å². The van der Waals surface area contributed by atoms with Crippen LogP contribution in [0.5, 0.6) is 5.75 Å². The molecule has 2 aromatic carbocycles. The third kappa shape index (κ3) is 5.19. The van der Waals surface area contributed by atoms with Gasteiger partial charge in [0.2, 0.25) is 0 Å². The van der Waals surface area contributed by atoms with Gasteiger partial charge in [0.05, 0.1) is 11.0 Å². The summed E-state index contributed by atoms with van der Waals surface area (Å²) in [7, 11) is 0. The second kappa shape index (κ2) is 8.27. The summed E-state index contributed by atoms with van der Waals surface area (Å²) in [6.07, 6.45) is 0. The van der Waals surface area contributed by atoms with Gasteiger partial charge in [-0.05, 0) is 17.7 Å². The van der Waals surface area contributed by atoms with Crippen LogP contribution in [0.25, 0.3) is 0 Å². The minimum absolute atomic E-state index is 0.0667. The minimum Gasteiger partial charge on any atom is -0.489 e. The molecule has 0 unspecified atom stereocenters. The van der Waals surface area contributed by atoms with E-state index < -0.39 is 4.92 Å². The van der Waals surface area contributed by atoms with E-state index in [-0.39, 0.29) is 5.69 Å². The van der Waals surface area contributed by atoms with Gasteiger partial charge in [-0.2, -0.15) is 5.26 Å². The van der Waals surface area contributed by atoms with Crippen LogP contribution in [0.15, 0.2) is 54.6 Å². The van der Waals surface area contributed by atoms with Gasteiger partial charge in [0.15, 0.2) is 0 Å². The second-order valence-electron chi connectivity index (χ2n) is 3.75. The van der Waals surface area contributed by atoms with Crippen LogP contribution in [0.3, 0.4) is 0 Å². The molecule has 2 aromatic rings. The fourth-order valence-corrected chi connectivity index (χ4v) is 1.40. The first kappa shape index (κ1) is 15.2. The second-order valence-corrected chi connectivity index (χ2v) is 3.75. The Morgan fingerprint density at radius 2 is 1.70 bits per heavy atom. The number of nitro groups is 1. The van der Waals surface area contributed by atoms with Crippen molar-refractivity contribution in [3.05, 3.63) is 70.3 Å². The number of benzene rings is 2. The maximum absolute atomic E-state index is 10.5. The molecule has 5 nitrogen and oxygen atoms in total. The van der Waals surface area contributed by atoms with E-state index in [2.05, 4.69) is 0 Å². The zero-order valence-corrected chi connectivity index (χ0v) is 11.0. The highest BCUT2D eigenvalue weighted by Gasteiger charge is 2.04. The molecule has 0 bridgehead atoms. The van der Waals surface area contributed by atoms with Gasteiger partial charge in [0, 0.05) is 19.1 Å². The Hall–Kier alpha value is -2.87. The molecule has 0 atom stereocenters. The highest BCUT2D eigenvalue weighted by atomic mass is 16.6. The number of rotatable bonds is 4. The van der Waals surface area contributed by atoms with Crippen molar-refractivity contribution in [3.63, 3.8) is 0 Å². The van der Waals surface area contributed by atoms with Crippen LogP contribution >= 0.6 is 0 Å². The van der Waals surface area contributed by atoms with Crippen LogP contribution < -0.4 is 4.74 Å². The van der Waals surface area contributed by atoms with E-state index in [1.807, 2.05) is 30.3 Å². The summed E-state index contributed by atoms with van der Waals surface area (Å²) in [5.41, 5.74) is 1.13. The van der Waals surface area contributed by atoms with Gasteiger partial charge < -0.3 is 4.74 Å². The minimum atomic E-state index is -0.430. The van der Waals surface area contributed by atoms with Crippen molar-refractivity contribution in [2.45, 2.75) is 13.5 Å². The first-order valence-electron chi connectivity index (χ1n) is 5.89. The first-order chi connectivity index (χ1) is 9.67. The molecular weight excluding hydrogens is 256 g/mol. The lowest BCUT2D eigenvalue weighted by Crippen LogP contribution is -1.95. The van der Waals surface area contributed by atoms with Crippen LogP contribution in [0.1, 0.15) is 12.5 Å². The Morgan fingerprint density at radius 1 is 1.15 bits per heavy atom. The van der Waals surface area contributed by atoms with Gasteiger partial charge in [-0.25, -0.2) is 0 Å². The molecule has 102 valence electrons. The zero-order chi connectivity index (χ0) is 14.8. The third-order valence-electron chi connectivity index (χ3n) is 2.30. The first-order valence-corrected chi connectivity index (χ1v) is 5.89. The number of nitrogens with zero attached hydrogens (tertiary/aromatic N) is 2. The van der Waals surface area contributed by atoms with Crippen molar-refractivity contribution in [2.75, 3.05) is 0 Å². The summed E-state index contributed by atoms with van der Waals surface area (Å²) in [4.78, 5) is 10.0. The predicted molar refractivity (Wildman–Crippen MR) is 75.2 cm³/mol. The van der Waals surface area contributed by atoms with Crippen LogP contribution in [0.2, 0.25) is 0 Å². The molecule has 0 saturated heterocycles. The summed E-state index contributed by atoms with van der Waals surface area (Å²) in [6, 6.07) is 17.6. The quantitative estimate of drug-likeness (QED) is 0.627. The summed E-state index contributed by atoms with van der Waals surface area (Å²) in [5.74, 6) is 0.624. The van der Waals surface area contributed by atoms with E-state index >= 15 is 0 Å². The molecule has 0 aliphatic heterocycles. The summed E-state index contributed by atoms with van der Waals surface area (Å²) >= 11 is 0. The fraction of sp³-hybridized carbons (Fsp3) is 0.133. The Balaban J connectivity index is 0.000000612. The lowest BCUT2D eigenvalue weighted by molar-refractivity contribution is -0.384. The van der Waals surface area contributed by atoms with Crippen LogP contribution in [0.4, 0.5) is 5.69 Å². The molecule has 0 fully saturated rings. The van der Waals surface area contributed by atoms with Crippen molar-refractivity contribution in [1.82, 2.24) is 0 Å². The number of nitro benzene ring substituents is 1. The van der Waals surface area contributed by atoms with Crippen molar-refractivity contribution < 1.29 is 9.66 Å². The van der Waals surface area contributed by atoms with Crippen molar-refractivity contribution in [3.8, 4) is 11.8 Å². The molecule has 0 heterocycles. The van der Waals surface area contributed by atoms with Crippen LogP contribution in [0, 0.1) is 21.4 Å². The molecule has 0 N–H and O–H groups in total. The molecule has 20 heavy (non-hydrogen) atoms. The average molecular weight is 270 g/mol. The number of non-ortho nitro benzene ring substituents is 1. The van der Waals surface area contributed by atoms with E-state index in [0.29, 0.717) is 12.4 Å². The number of ether oxygens (including phenoxy) is 1. The standard InChI is InChI=1S/C13H11NO3.C2H3N/c15-14(16)12-6-8-13(9-7-12)17-10-11-4-2-1-3-5-11;1-2-3/h1-9H,10H2;1H3. The van der Waals surface area contributed by atoms with Gasteiger partial charge >= 0.3 is 0 Å². The summed E-state index contributed by atoms with van der Waals surface area (Å²) < 4.78 is 5.50. The van der Waals surface area contributed by atoms with E-state index in [1.54, 1.807) is 18.2 Å². The van der Waals surface area contributed by atoms with Gasteiger partial charge in [-0.15, -0.1) is 0 Å². The molecular formula is C15H14N2O3. The highest BCUT2D eigenvalue weighted by Crippen LogP contribution is 2.18. The van der Waals surface area contributed by atoms with Crippen molar-refractivity contribution in [2.24, 2.45) is 0 Å². The van der Waals surface area contributed by atoms with Crippen molar-refractivity contribution >= 4 is 5.69 Å². The number of hydrogen-bond donors (Lipinski definition) is 0. The molecule has 0 spiro atoms. The summed E-state index contributed by atoms with van der Waals surface area (Å²) in [6.45, 7) is 1.89. The summed E-state index contributed by atoms with van der Waals surface area (Å²) in [5, 5.41) is 17.8. The van der Waals surface area contributed by atoms with E-state index in [4.69, 9.17) is 10.00 Å². The normalized spacial score (nSPS) is 8.80. The lowest BCUT2D eigenvalue weighted by atomic mass is 10.2. The molecule has 5 heteroatoms. The molecule has 0 saturated carbocycles. The Bertz CT molecular complexity index is 574. The van der Waals surface area contributed by atoms with E-state index in [0.717, 1.165) is 5.56 Å². The fourth-order valence-electron chi connectivity index (χ4n) is 1.40. The molecule has 0 amide bonds. The zero-order valence-electron chi connectivity index (χ0n) is 11.0. The monoisotopic (exact) mass is 270 g/mol. The highest BCUT2D eigenvalue weighted by molar-refractivity contribution is 5.36. The SMILES string of the molecule is CC#N.O=[N+]([O-])c1ccc(OCc2ccccc2)cc1. The largest absolute Gasteiger partial charge is 0.489 e. The maximum Gasteiger partial charge on any atom is 0.269 e. The van der Waals surface area contributed by atoms with Gasteiger partial charge in [0.25, 0.3) is 5.69 Å². The number of hydrogen-bond acceptors (Lipinski definition) is 4. The van der Waals surface area contributed by atoms with Crippen LogP contribution in [-0.2, 0) is 6.61 Å².